The van der Waals surface area contributed by atoms with Gasteiger partial charge < -0.3 is 4.90 Å². The molecule has 0 amide bonds. The molecule has 0 spiro atoms. The van der Waals surface area contributed by atoms with Gasteiger partial charge in [-0.2, -0.15) is 0 Å². The number of hydrogen-bond donors (Lipinski definition) is 0. The predicted molar refractivity (Wildman–Crippen MR) is 54.3 cm³/mol. The molecule has 0 aromatic rings. The maximum Gasteiger partial charge on any atom is -0.00161 e. The topological polar surface area (TPSA) is 3.24 Å². The van der Waals surface area contributed by atoms with Gasteiger partial charge in [-0.15, -0.1) is 0 Å². The van der Waals surface area contributed by atoms with Gasteiger partial charge in [-0.1, -0.05) is 27.2 Å². The van der Waals surface area contributed by atoms with E-state index in [0.717, 1.165) is 11.8 Å². The van der Waals surface area contributed by atoms with E-state index in [2.05, 4.69) is 25.7 Å². The minimum absolute atomic E-state index is 0.948. The minimum Gasteiger partial charge on any atom is -0.304 e. The van der Waals surface area contributed by atoms with Crippen LogP contribution in [0, 0.1) is 11.8 Å². The highest BCUT2D eigenvalue weighted by molar-refractivity contribution is 4.74. The van der Waals surface area contributed by atoms with Gasteiger partial charge in [-0.3, -0.25) is 0 Å². The molecule has 0 bridgehead atoms. The van der Waals surface area contributed by atoms with Crippen molar-refractivity contribution in [1.29, 1.82) is 0 Å². The van der Waals surface area contributed by atoms with Crippen LogP contribution >= 0.6 is 0 Å². The third-order valence-electron chi connectivity index (χ3n) is 3.53. The Morgan fingerprint density at radius 1 is 1.25 bits per heavy atom. The Kier molecular flexibility index (Phi) is 4.07. The smallest absolute Gasteiger partial charge is 0.00161 e. The van der Waals surface area contributed by atoms with Crippen molar-refractivity contribution < 1.29 is 0 Å². The average molecular weight is 169 g/mol. The summed E-state index contributed by atoms with van der Waals surface area (Å²) in [6.45, 7) is 10.9. The molecule has 0 aromatic heterocycles. The molecule has 1 fully saturated rings. The lowest BCUT2D eigenvalue weighted by molar-refractivity contribution is 0.156. The quantitative estimate of drug-likeness (QED) is 0.628. The summed E-state index contributed by atoms with van der Waals surface area (Å²) in [5.41, 5.74) is 0. The van der Waals surface area contributed by atoms with Crippen LogP contribution < -0.4 is 0 Å². The molecule has 1 rings (SSSR count). The van der Waals surface area contributed by atoms with E-state index in [1.165, 1.54) is 38.9 Å². The second-order valence-corrected chi connectivity index (χ2v) is 4.16. The Morgan fingerprint density at radius 2 is 1.83 bits per heavy atom. The number of piperidine rings is 1. The standard InChI is InChI=1S/C11H23N/c1-4-10(3)11-6-8-12(5-2)9-7-11/h10-11H,4-9H2,1-3H3. The fraction of sp³-hybridized carbons (Fsp3) is 1.00. The largest absolute Gasteiger partial charge is 0.304 e. The lowest BCUT2D eigenvalue weighted by Gasteiger charge is -2.33. The Labute approximate surface area is 77.1 Å². The van der Waals surface area contributed by atoms with E-state index in [1.807, 2.05) is 0 Å². The van der Waals surface area contributed by atoms with E-state index in [1.54, 1.807) is 0 Å². The van der Waals surface area contributed by atoms with Gasteiger partial charge in [-0.25, -0.2) is 0 Å². The number of nitrogens with zero attached hydrogens (tertiary/aromatic N) is 1. The van der Waals surface area contributed by atoms with Crippen molar-refractivity contribution in [2.24, 2.45) is 11.8 Å². The highest BCUT2D eigenvalue weighted by atomic mass is 15.1. The van der Waals surface area contributed by atoms with Crippen LogP contribution in [0.3, 0.4) is 0 Å². The molecule has 1 nitrogen and oxygen atoms in total. The third-order valence-corrected chi connectivity index (χ3v) is 3.53. The molecule has 1 aliphatic rings. The van der Waals surface area contributed by atoms with Crippen LogP contribution in [0.5, 0.6) is 0 Å². The van der Waals surface area contributed by atoms with Crippen molar-refractivity contribution in [3.63, 3.8) is 0 Å². The summed E-state index contributed by atoms with van der Waals surface area (Å²) in [7, 11) is 0. The summed E-state index contributed by atoms with van der Waals surface area (Å²) in [5.74, 6) is 1.96. The Hall–Kier alpha value is -0.0400. The lowest BCUT2D eigenvalue weighted by atomic mass is 9.84. The molecule has 0 saturated carbocycles. The third kappa shape index (κ3) is 2.48. The second kappa shape index (κ2) is 4.86. The second-order valence-electron chi connectivity index (χ2n) is 4.16. The predicted octanol–water partition coefficient (Wildman–Crippen LogP) is 2.76. The number of rotatable bonds is 3. The molecule has 1 unspecified atom stereocenters. The fourth-order valence-corrected chi connectivity index (χ4v) is 2.17. The summed E-state index contributed by atoms with van der Waals surface area (Å²) in [5, 5.41) is 0. The molecule has 0 aromatic carbocycles. The Balaban J connectivity index is 2.25. The summed E-state index contributed by atoms with van der Waals surface area (Å²) in [6, 6.07) is 0. The molecule has 12 heavy (non-hydrogen) atoms. The van der Waals surface area contributed by atoms with Crippen LogP contribution in [-0.2, 0) is 0 Å². The molecule has 0 N–H and O–H groups in total. The highest BCUT2D eigenvalue weighted by Crippen LogP contribution is 2.26. The molecule has 1 heteroatoms. The molecule has 0 aliphatic carbocycles. The first-order valence-electron chi connectivity index (χ1n) is 5.50. The van der Waals surface area contributed by atoms with Crippen molar-refractivity contribution in [1.82, 2.24) is 4.90 Å². The van der Waals surface area contributed by atoms with Gasteiger partial charge in [-0.05, 0) is 44.3 Å². The normalized spacial score (nSPS) is 24.2. The highest BCUT2D eigenvalue weighted by Gasteiger charge is 2.21. The van der Waals surface area contributed by atoms with Gasteiger partial charge in [0, 0.05) is 0 Å². The monoisotopic (exact) mass is 169 g/mol. The van der Waals surface area contributed by atoms with Crippen LogP contribution in [0.25, 0.3) is 0 Å². The van der Waals surface area contributed by atoms with E-state index in [-0.39, 0.29) is 0 Å². The van der Waals surface area contributed by atoms with Gasteiger partial charge in [0.15, 0.2) is 0 Å². The molecule has 1 heterocycles. The molecule has 0 radical (unpaired) electrons. The van der Waals surface area contributed by atoms with Gasteiger partial charge in [0.1, 0.15) is 0 Å². The number of hydrogen-bond acceptors (Lipinski definition) is 1. The van der Waals surface area contributed by atoms with E-state index in [9.17, 15) is 0 Å². The van der Waals surface area contributed by atoms with Gasteiger partial charge >= 0.3 is 0 Å². The van der Waals surface area contributed by atoms with E-state index in [4.69, 9.17) is 0 Å². The van der Waals surface area contributed by atoms with E-state index >= 15 is 0 Å². The van der Waals surface area contributed by atoms with Gasteiger partial charge in [0.05, 0.1) is 0 Å². The van der Waals surface area contributed by atoms with Gasteiger partial charge in [0.25, 0.3) is 0 Å². The summed E-state index contributed by atoms with van der Waals surface area (Å²) in [4.78, 5) is 2.57. The van der Waals surface area contributed by atoms with Crippen molar-refractivity contribution in [2.75, 3.05) is 19.6 Å². The molecule has 1 aliphatic heterocycles. The average Bonchev–Trinajstić information content (AvgIpc) is 2.17. The zero-order valence-electron chi connectivity index (χ0n) is 8.84. The first kappa shape index (κ1) is 10.0. The maximum absolute atomic E-state index is 2.57. The Morgan fingerprint density at radius 3 is 2.25 bits per heavy atom. The summed E-state index contributed by atoms with van der Waals surface area (Å²) >= 11 is 0. The van der Waals surface area contributed by atoms with Crippen LogP contribution in [0.15, 0.2) is 0 Å². The van der Waals surface area contributed by atoms with E-state index in [0.29, 0.717) is 0 Å². The minimum atomic E-state index is 0.948. The molecule has 72 valence electrons. The number of likely N-dealkylation sites (tertiary alicyclic amines) is 1. The van der Waals surface area contributed by atoms with Gasteiger partial charge in [0.2, 0.25) is 0 Å². The lowest BCUT2D eigenvalue weighted by Crippen LogP contribution is -2.35. The molecule has 1 atom stereocenters. The van der Waals surface area contributed by atoms with Crippen LogP contribution in [0.1, 0.15) is 40.0 Å². The van der Waals surface area contributed by atoms with Crippen molar-refractivity contribution in [3.8, 4) is 0 Å². The summed E-state index contributed by atoms with van der Waals surface area (Å²) in [6.07, 6.45) is 4.22. The molecule has 1 saturated heterocycles. The zero-order valence-corrected chi connectivity index (χ0v) is 8.84. The Bertz CT molecular complexity index is 114. The maximum atomic E-state index is 2.57. The molecular weight excluding hydrogens is 146 g/mol. The SMILES string of the molecule is CCC(C)C1CCN(CC)CC1. The van der Waals surface area contributed by atoms with Crippen LogP contribution in [-0.4, -0.2) is 24.5 Å². The van der Waals surface area contributed by atoms with Crippen molar-refractivity contribution in [3.05, 3.63) is 0 Å². The van der Waals surface area contributed by atoms with Crippen LogP contribution in [0.2, 0.25) is 0 Å². The summed E-state index contributed by atoms with van der Waals surface area (Å²) < 4.78 is 0. The van der Waals surface area contributed by atoms with Crippen LogP contribution in [0.4, 0.5) is 0 Å². The van der Waals surface area contributed by atoms with E-state index < -0.39 is 0 Å². The zero-order chi connectivity index (χ0) is 8.97. The first-order valence-corrected chi connectivity index (χ1v) is 5.50. The fourth-order valence-electron chi connectivity index (χ4n) is 2.17. The molecular formula is C11H23N. The van der Waals surface area contributed by atoms with Crippen molar-refractivity contribution in [2.45, 2.75) is 40.0 Å². The van der Waals surface area contributed by atoms with Crippen molar-refractivity contribution >= 4 is 0 Å². The first-order chi connectivity index (χ1) is 5.77.